The Morgan fingerprint density at radius 1 is 1.24 bits per heavy atom. The topological polar surface area (TPSA) is 85.3 Å². The van der Waals surface area contributed by atoms with Gasteiger partial charge in [-0.3, -0.25) is 0 Å². The summed E-state index contributed by atoms with van der Waals surface area (Å²) in [6, 6.07) is 18.8. The normalized spacial score (nSPS) is 16.2. The number of benzene rings is 2. The summed E-state index contributed by atoms with van der Waals surface area (Å²) >= 11 is 7.51. The van der Waals surface area contributed by atoms with E-state index in [4.69, 9.17) is 26.8 Å². The summed E-state index contributed by atoms with van der Waals surface area (Å²) in [4.78, 5) is 13.9. The summed E-state index contributed by atoms with van der Waals surface area (Å²) in [7, 11) is 0. The van der Waals surface area contributed by atoms with Crippen LogP contribution >= 0.6 is 23.4 Å². The molecule has 1 heterocycles. The Bertz CT molecular complexity index is 995. The van der Waals surface area contributed by atoms with Crippen molar-refractivity contribution in [1.29, 1.82) is 5.26 Å². The molecule has 1 aliphatic rings. The van der Waals surface area contributed by atoms with E-state index in [1.807, 2.05) is 30.3 Å². The van der Waals surface area contributed by atoms with Gasteiger partial charge in [0.25, 0.3) is 0 Å². The number of nitrogens with zero attached hydrogens (tertiary/aromatic N) is 1. The van der Waals surface area contributed by atoms with Gasteiger partial charge in [0.15, 0.2) is 0 Å². The summed E-state index contributed by atoms with van der Waals surface area (Å²) in [5, 5.41) is 10.3. The maximum Gasteiger partial charge on any atom is 0.338 e. The zero-order valence-corrected chi connectivity index (χ0v) is 17.3. The summed E-state index contributed by atoms with van der Waals surface area (Å²) < 4.78 is 11.0. The minimum absolute atomic E-state index is 0.0100. The highest BCUT2D eigenvalue weighted by Gasteiger charge is 2.37. The van der Waals surface area contributed by atoms with E-state index in [0.717, 1.165) is 4.90 Å². The van der Waals surface area contributed by atoms with Crippen molar-refractivity contribution < 1.29 is 14.3 Å². The lowest BCUT2D eigenvalue weighted by Gasteiger charge is -2.28. The van der Waals surface area contributed by atoms with Crippen LogP contribution in [-0.4, -0.2) is 18.3 Å². The standard InChI is InChI=1S/C22H19ClN2O3S/c1-2-27-22(26)20-18(13-29-16-6-4-3-5-7-16)28-21(25)17(12-24)19(20)14-8-10-15(23)11-9-14/h3-11,19H,2,13,25H2,1H3/t19-/m0/s1. The maximum atomic E-state index is 12.9. The second kappa shape index (κ2) is 9.55. The molecular formula is C22H19ClN2O3S. The Labute approximate surface area is 178 Å². The minimum Gasteiger partial charge on any atom is -0.463 e. The molecule has 7 heteroatoms. The van der Waals surface area contributed by atoms with Crippen LogP contribution in [0.2, 0.25) is 5.02 Å². The van der Waals surface area contributed by atoms with E-state index in [1.165, 1.54) is 11.8 Å². The molecule has 1 atom stereocenters. The van der Waals surface area contributed by atoms with Crippen LogP contribution in [0.3, 0.4) is 0 Å². The molecule has 0 fully saturated rings. The molecule has 3 rings (SSSR count). The molecule has 0 spiro atoms. The Balaban J connectivity index is 2.07. The van der Waals surface area contributed by atoms with Crippen molar-refractivity contribution in [1.82, 2.24) is 0 Å². The SMILES string of the molecule is CCOC(=O)C1=C(CSc2ccccc2)OC(N)=C(C#N)[C@@H]1c1ccc(Cl)cc1. The Kier molecular flexibility index (Phi) is 6.86. The zero-order valence-electron chi connectivity index (χ0n) is 15.7. The third-order valence-electron chi connectivity index (χ3n) is 4.31. The Hall–Kier alpha value is -2.88. The van der Waals surface area contributed by atoms with Gasteiger partial charge in [0, 0.05) is 9.92 Å². The van der Waals surface area contributed by atoms with Crippen LogP contribution in [0.5, 0.6) is 0 Å². The molecule has 0 bridgehead atoms. The summed E-state index contributed by atoms with van der Waals surface area (Å²) in [6.45, 7) is 1.93. The van der Waals surface area contributed by atoms with E-state index in [1.54, 1.807) is 31.2 Å². The highest BCUT2D eigenvalue weighted by molar-refractivity contribution is 7.99. The van der Waals surface area contributed by atoms with Gasteiger partial charge in [-0.2, -0.15) is 5.26 Å². The van der Waals surface area contributed by atoms with Crippen molar-refractivity contribution in [2.45, 2.75) is 17.7 Å². The first-order chi connectivity index (χ1) is 14.0. The molecule has 0 saturated heterocycles. The number of carbonyl (C=O) groups excluding carboxylic acids is 1. The van der Waals surface area contributed by atoms with E-state index in [9.17, 15) is 10.1 Å². The number of rotatable bonds is 6. The number of nitrogens with two attached hydrogens (primary N) is 1. The molecule has 29 heavy (non-hydrogen) atoms. The molecule has 1 aliphatic heterocycles. The van der Waals surface area contributed by atoms with Gasteiger partial charge in [-0.1, -0.05) is 41.9 Å². The zero-order chi connectivity index (χ0) is 20.8. The van der Waals surface area contributed by atoms with Crippen molar-refractivity contribution in [2.75, 3.05) is 12.4 Å². The van der Waals surface area contributed by atoms with E-state index < -0.39 is 11.9 Å². The largest absolute Gasteiger partial charge is 0.463 e. The quantitative estimate of drug-likeness (QED) is 0.529. The smallest absolute Gasteiger partial charge is 0.338 e. The van der Waals surface area contributed by atoms with Crippen LogP contribution in [0.25, 0.3) is 0 Å². The molecule has 2 aromatic carbocycles. The van der Waals surface area contributed by atoms with E-state index >= 15 is 0 Å². The monoisotopic (exact) mass is 426 g/mol. The number of halogens is 1. The number of allylic oxidation sites excluding steroid dienone is 1. The lowest BCUT2D eigenvalue weighted by molar-refractivity contribution is -0.139. The molecule has 148 valence electrons. The number of carbonyl (C=O) groups is 1. The van der Waals surface area contributed by atoms with Gasteiger partial charge in [0.1, 0.15) is 17.4 Å². The average Bonchev–Trinajstić information content (AvgIpc) is 2.73. The van der Waals surface area contributed by atoms with Crippen LogP contribution in [-0.2, 0) is 14.3 Å². The molecule has 0 amide bonds. The van der Waals surface area contributed by atoms with Crippen LogP contribution in [0.15, 0.2) is 82.3 Å². The second-order valence-electron chi connectivity index (χ2n) is 6.14. The predicted octanol–water partition coefficient (Wildman–Crippen LogP) is 4.76. The lowest BCUT2D eigenvalue weighted by Crippen LogP contribution is -2.27. The van der Waals surface area contributed by atoms with Crippen molar-refractivity contribution in [3.63, 3.8) is 0 Å². The molecule has 2 aromatic rings. The minimum atomic E-state index is -0.684. The molecule has 0 saturated carbocycles. The molecule has 0 radical (unpaired) electrons. The third-order valence-corrected chi connectivity index (χ3v) is 5.57. The fraction of sp³-hybridized carbons (Fsp3) is 0.182. The summed E-state index contributed by atoms with van der Waals surface area (Å²) in [5.74, 6) is -0.479. The van der Waals surface area contributed by atoms with Gasteiger partial charge in [-0.15, -0.1) is 11.8 Å². The molecular weight excluding hydrogens is 408 g/mol. The molecule has 0 aliphatic carbocycles. The van der Waals surface area contributed by atoms with Crippen LogP contribution in [0, 0.1) is 11.3 Å². The van der Waals surface area contributed by atoms with Gasteiger partial charge >= 0.3 is 5.97 Å². The first-order valence-corrected chi connectivity index (χ1v) is 10.3. The summed E-state index contributed by atoms with van der Waals surface area (Å²) in [5.41, 5.74) is 7.22. The summed E-state index contributed by atoms with van der Waals surface area (Å²) in [6.07, 6.45) is 0. The van der Waals surface area contributed by atoms with Crippen molar-refractivity contribution in [3.8, 4) is 6.07 Å². The van der Waals surface area contributed by atoms with E-state index in [-0.39, 0.29) is 23.6 Å². The van der Waals surface area contributed by atoms with E-state index in [0.29, 0.717) is 22.1 Å². The van der Waals surface area contributed by atoms with Crippen molar-refractivity contribution in [3.05, 3.63) is 88.0 Å². The van der Waals surface area contributed by atoms with Crippen LogP contribution in [0.4, 0.5) is 0 Å². The Morgan fingerprint density at radius 3 is 2.55 bits per heavy atom. The van der Waals surface area contributed by atoms with Gasteiger partial charge in [-0.05, 0) is 36.8 Å². The number of thioether (sulfide) groups is 1. The number of esters is 1. The van der Waals surface area contributed by atoms with Crippen molar-refractivity contribution >= 4 is 29.3 Å². The molecule has 0 unspecified atom stereocenters. The number of hydrogen-bond acceptors (Lipinski definition) is 6. The molecule has 5 nitrogen and oxygen atoms in total. The highest BCUT2D eigenvalue weighted by Crippen LogP contribution is 2.41. The highest BCUT2D eigenvalue weighted by atomic mass is 35.5. The fourth-order valence-corrected chi connectivity index (χ4v) is 4.00. The van der Waals surface area contributed by atoms with Gasteiger partial charge < -0.3 is 15.2 Å². The molecule has 2 N–H and O–H groups in total. The fourth-order valence-electron chi connectivity index (χ4n) is 3.01. The lowest BCUT2D eigenvalue weighted by atomic mass is 9.83. The Morgan fingerprint density at radius 2 is 1.93 bits per heavy atom. The van der Waals surface area contributed by atoms with E-state index in [2.05, 4.69) is 6.07 Å². The molecule has 0 aromatic heterocycles. The number of nitriles is 1. The average molecular weight is 427 g/mol. The van der Waals surface area contributed by atoms with Crippen LogP contribution < -0.4 is 5.73 Å². The predicted molar refractivity (Wildman–Crippen MR) is 113 cm³/mol. The van der Waals surface area contributed by atoms with Gasteiger partial charge in [0.2, 0.25) is 5.88 Å². The first-order valence-electron chi connectivity index (χ1n) is 8.96. The maximum absolute atomic E-state index is 12.9. The second-order valence-corrected chi connectivity index (χ2v) is 7.62. The first kappa shape index (κ1) is 20.8. The van der Waals surface area contributed by atoms with Crippen molar-refractivity contribution in [2.24, 2.45) is 5.73 Å². The number of hydrogen-bond donors (Lipinski definition) is 1. The van der Waals surface area contributed by atoms with Crippen LogP contribution in [0.1, 0.15) is 18.4 Å². The number of ether oxygens (including phenoxy) is 2. The van der Waals surface area contributed by atoms with Gasteiger partial charge in [-0.25, -0.2) is 4.79 Å². The van der Waals surface area contributed by atoms with Gasteiger partial charge in [0.05, 0.1) is 23.9 Å². The third kappa shape index (κ3) is 4.76.